The van der Waals surface area contributed by atoms with Crippen molar-refractivity contribution in [2.45, 2.75) is 0 Å². The Morgan fingerprint density at radius 3 is 2.12 bits per heavy atom. The first kappa shape index (κ1) is 21.5. The van der Waals surface area contributed by atoms with Crippen LogP contribution in [0.2, 0.25) is 0 Å². The molecule has 3 heterocycles. The number of nitrogens with one attached hydrogen (secondary N) is 1. The van der Waals surface area contributed by atoms with Crippen LogP contribution in [0.5, 0.6) is 0 Å². The fourth-order valence-corrected chi connectivity index (χ4v) is 3.38. The maximum atomic E-state index is 12.8. The van der Waals surface area contributed by atoms with E-state index in [1.165, 1.54) is 4.90 Å². The molecule has 1 amide bonds. The van der Waals surface area contributed by atoms with Crippen LogP contribution in [-0.4, -0.2) is 62.0 Å². The van der Waals surface area contributed by atoms with Gasteiger partial charge in [0.15, 0.2) is 11.6 Å². The average molecular weight is 450 g/mol. The number of piperazine rings is 1. The third-order valence-electron chi connectivity index (χ3n) is 5.03. The van der Waals surface area contributed by atoms with E-state index in [0.717, 1.165) is 18.2 Å². The lowest BCUT2D eigenvalue weighted by Gasteiger charge is -2.35. The smallest absolute Gasteiger partial charge is 0.277 e. The van der Waals surface area contributed by atoms with Crippen LogP contribution in [0, 0.1) is 20.2 Å². The van der Waals surface area contributed by atoms with E-state index in [0.29, 0.717) is 43.6 Å². The largest absolute Gasteiger partial charge is 0.352 e. The van der Waals surface area contributed by atoms with Crippen molar-refractivity contribution < 1.29 is 14.6 Å². The van der Waals surface area contributed by atoms with Gasteiger partial charge in [-0.2, -0.15) is 0 Å². The Balaban J connectivity index is 1.40. The summed E-state index contributed by atoms with van der Waals surface area (Å²) in [5.41, 5.74) is -1.09. The minimum absolute atomic E-state index is 0.0888. The molecule has 0 spiro atoms. The van der Waals surface area contributed by atoms with Crippen LogP contribution in [0.15, 0.2) is 54.7 Å². The molecule has 3 aromatic rings. The zero-order valence-corrected chi connectivity index (χ0v) is 17.2. The number of hydrogen-bond donors (Lipinski definition) is 1. The van der Waals surface area contributed by atoms with Gasteiger partial charge in [0.1, 0.15) is 5.82 Å². The first-order valence-electron chi connectivity index (χ1n) is 9.90. The SMILES string of the molecule is O=C(c1cc([N+](=O)[O-])cc([N+](=O)[O-])c1)N1CCN(c2ccc(Nc3ccccn3)nn2)CC1. The second kappa shape index (κ2) is 9.21. The van der Waals surface area contributed by atoms with Gasteiger partial charge < -0.3 is 15.1 Å². The molecule has 168 valence electrons. The topological polar surface area (TPSA) is 161 Å². The molecule has 0 radical (unpaired) electrons. The number of amides is 1. The van der Waals surface area contributed by atoms with Crippen molar-refractivity contribution in [1.82, 2.24) is 20.1 Å². The highest BCUT2D eigenvalue weighted by molar-refractivity contribution is 5.95. The highest BCUT2D eigenvalue weighted by Gasteiger charge is 2.26. The number of rotatable bonds is 6. The molecule has 33 heavy (non-hydrogen) atoms. The summed E-state index contributed by atoms with van der Waals surface area (Å²) in [6.07, 6.45) is 1.66. The standard InChI is InChI=1S/C20H18N8O5/c29-20(14-11-15(27(30)31)13-16(12-14)28(32)33)26-9-7-25(8-10-26)19-5-4-18(23-24-19)22-17-3-1-2-6-21-17/h1-6,11-13H,7-10H2,(H,21,22,23). The van der Waals surface area contributed by atoms with Crippen LogP contribution >= 0.6 is 0 Å². The Morgan fingerprint density at radius 2 is 1.58 bits per heavy atom. The molecule has 4 rings (SSSR count). The van der Waals surface area contributed by atoms with Gasteiger partial charge in [0.25, 0.3) is 17.3 Å². The van der Waals surface area contributed by atoms with Crippen LogP contribution in [0.25, 0.3) is 0 Å². The number of non-ortho nitro benzene ring substituents is 2. The number of nitrogens with zero attached hydrogens (tertiary/aromatic N) is 7. The number of nitro benzene ring substituents is 2. The van der Waals surface area contributed by atoms with Crippen molar-refractivity contribution in [3.05, 3.63) is 80.5 Å². The van der Waals surface area contributed by atoms with E-state index >= 15 is 0 Å². The van der Waals surface area contributed by atoms with Gasteiger partial charge in [-0.05, 0) is 24.3 Å². The predicted octanol–water partition coefficient (Wildman–Crippen LogP) is 2.39. The summed E-state index contributed by atoms with van der Waals surface area (Å²) in [7, 11) is 0. The van der Waals surface area contributed by atoms with E-state index in [4.69, 9.17) is 0 Å². The molecule has 1 aromatic carbocycles. The first-order chi connectivity index (χ1) is 15.9. The minimum Gasteiger partial charge on any atom is -0.352 e. The van der Waals surface area contributed by atoms with E-state index in [1.807, 2.05) is 23.1 Å². The summed E-state index contributed by atoms with van der Waals surface area (Å²) in [5, 5.41) is 33.6. The molecular formula is C20H18N8O5. The van der Waals surface area contributed by atoms with Crippen molar-refractivity contribution in [3.8, 4) is 0 Å². The summed E-state index contributed by atoms with van der Waals surface area (Å²) >= 11 is 0. The number of carbonyl (C=O) groups excluding carboxylic acids is 1. The molecular weight excluding hydrogens is 432 g/mol. The lowest BCUT2D eigenvalue weighted by Crippen LogP contribution is -2.49. The Bertz CT molecular complexity index is 1150. The van der Waals surface area contributed by atoms with Crippen molar-refractivity contribution in [1.29, 1.82) is 0 Å². The molecule has 1 aliphatic rings. The van der Waals surface area contributed by atoms with Crippen LogP contribution < -0.4 is 10.2 Å². The normalized spacial score (nSPS) is 13.5. The minimum atomic E-state index is -0.757. The van der Waals surface area contributed by atoms with Crippen molar-refractivity contribution in [2.24, 2.45) is 0 Å². The fraction of sp³-hybridized carbons (Fsp3) is 0.200. The van der Waals surface area contributed by atoms with Crippen LogP contribution in [0.3, 0.4) is 0 Å². The summed E-state index contributed by atoms with van der Waals surface area (Å²) in [4.78, 5) is 41.1. The van der Waals surface area contributed by atoms with Crippen molar-refractivity contribution >= 4 is 34.7 Å². The summed E-state index contributed by atoms with van der Waals surface area (Å²) in [6.45, 7) is 1.57. The molecule has 1 N–H and O–H groups in total. The third kappa shape index (κ3) is 4.98. The molecule has 1 fully saturated rings. The van der Waals surface area contributed by atoms with Gasteiger partial charge in [-0.25, -0.2) is 4.98 Å². The van der Waals surface area contributed by atoms with E-state index in [9.17, 15) is 25.0 Å². The monoisotopic (exact) mass is 450 g/mol. The third-order valence-corrected chi connectivity index (χ3v) is 5.03. The molecule has 0 aliphatic carbocycles. The molecule has 1 saturated heterocycles. The van der Waals surface area contributed by atoms with Gasteiger partial charge >= 0.3 is 0 Å². The maximum absolute atomic E-state index is 12.8. The first-order valence-corrected chi connectivity index (χ1v) is 9.90. The molecule has 2 aromatic heterocycles. The van der Waals surface area contributed by atoms with Gasteiger partial charge in [-0.15, -0.1) is 10.2 Å². The van der Waals surface area contributed by atoms with Crippen LogP contribution in [0.1, 0.15) is 10.4 Å². The molecule has 13 heteroatoms. The number of benzene rings is 1. The molecule has 0 atom stereocenters. The lowest BCUT2D eigenvalue weighted by molar-refractivity contribution is -0.394. The van der Waals surface area contributed by atoms with Gasteiger partial charge in [0.2, 0.25) is 0 Å². The van der Waals surface area contributed by atoms with Crippen LogP contribution in [-0.2, 0) is 0 Å². The summed E-state index contributed by atoms with van der Waals surface area (Å²) in [5.74, 6) is 1.33. The number of anilines is 3. The summed E-state index contributed by atoms with van der Waals surface area (Å²) < 4.78 is 0. The predicted molar refractivity (Wildman–Crippen MR) is 117 cm³/mol. The Hall–Kier alpha value is -4.68. The van der Waals surface area contributed by atoms with Gasteiger partial charge in [-0.3, -0.25) is 25.0 Å². The van der Waals surface area contributed by atoms with Crippen molar-refractivity contribution in [2.75, 3.05) is 36.4 Å². The van der Waals surface area contributed by atoms with Gasteiger partial charge in [0, 0.05) is 44.5 Å². The Morgan fingerprint density at radius 1 is 0.879 bits per heavy atom. The zero-order chi connectivity index (χ0) is 23.4. The molecule has 0 bridgehead atoms. The quantitative estimate of drug-likeness (QED) is 0.436. The number of aromatic nitrogens is 3. The van der Waals surface area contributed by atoms with E-state index in [-0.39, 0.29) is 5.56 Å². The number of hydrogen-bond acceptors (Lipinski definition) is 10. The second-order valence-electron chi connectivity index (χ2n) is 7.15. The highest BCUT2D eigenvalue weighted by Crippen LogP contribution is 2.24. The van der Waals surface area contributed by atoms with E-state index < -0.39 is 27.1 Å². The highest BCUT2D eigenvalue weighted by atomic mass is 16.6. The summed E-state index contributed by atoms with van der Waals surface area (Å²) in [6, 6.07) is 12.0. The lowest BCUT2D eigenvalue weighted by atomic mass is 10.1. The Kier molecular flexibility index (Phi) is 6.02. The zero-order valence-electron chi connectivity index (χ0n) is 17.2. The van der Waals surface area contributed by atoms with E-state index in [2.05, 4.69) is 20.5 Å². The number of carbonyl (C=O) groups is 1. The molecule has 0 unspecified atom stereocenters. The molecule has 0 saturated carbocycles. The number of pyridine rings is 1. The van der Waals surface area contributed by atoms with Crippen molar-refractivity contribution in [3.63, 3.8) is 0 Å². The van der Waals surface area contributed by atoms with Gasteiger partial charge in [-0.1, -0.05) is 6.07 Å². The molecule has 13 nitrogen and oxygen atoms in total. The fourth-order valence-electron chi connectivity index (χ4n) is 3.38. The average Bonchev–Trinajstić information content (AvgIpc) is 2.84. The molecule has 1 aliphatic heterocycles. The van der Waals surface area contributed by atoms with Crippen LogP contribution in [0.4, 0.5) is 28.8 Å². The maximum Gasteiger partial charge on any atom is 0.277 e. The number of nitro groups is 2. The van der Waals surface area contributed by atoms with Gasteiger partial charge in [0.05, 0.1) is 21.5 Å². The Labute approximate surface area is 187 Å². The second-order valence-corrected chi connectivity index (χ2v) is 7.15. The van der Waals surface area contributed by atoms with E-state index in [1.54, 1.807) is 18.3 Å².